The zero-order chi connectivity index (χ0) is 24.2. The first-order chi connectivity index (χ1) is 17.0. The Morgan fingerprint density at radius 3 is 2.26 bits per heavy atom. The fourth-order valence-electron chi connectivity index (χ4n) is 5.80. The molecule has 4 aromatic rings. The van der Waals surface area contributed by atoms with Crippen LogP contribution < -0.4 is 10.6 Å². The largest absolute Gasteiger partial charge is 0.353 e. The number of hydrogen-bond donors (Lipinski definition) is 2. The highest BCUT2D eigenvalue weighted by Gasteiger charge is 2.65. The second-order valence-electron chi connectivity index (χ2n) is 8.99. The lowest BCUT2D eigenvalue weighted by Crippen LogP contribution is -2.47. The zero-order valence-corrected chi connectivity index (χ0v) is 18.8. The molecule has 8 heteroatoms. The van der Waals surface area contributed by atoms with Gasteiger partial charge in [-0.3, -0.25) is 20.2 Å². The van der Waals surface area contributed by atoms with Crippen molar-refractivity contribution in [3.8, 4) is 0 Å². The molecule has 3 aromatic carbocycles. The number of para-hydroxylation sites is 1. The van der Waals surface area contributed by atoms with Gasteiger partial charge in [0.2, 0.25) is 11.7 Å². The Labute approximate surface area is 201 Å². The average Bonchev–Trinajstić information content (AvgIpc) is 3.52. The summed E-state index contributed by atoms with van der Waals surface area (Å²) in [5.74, 6) is -1.27. The van der Waals surface area contributed by atoms with E-state index in [1.54, 1.807) is 6.92 Å². The number of nitrogens with zero attached hydrogens (tertiary/aromatic N) is 2. The van der Waals surface area contributed by atoms with Crippen LogP contribution in [0.2, 0.25) is 0 Å². The average molecular weight is 466 g/mol. The van der Waals surface area contributed by atoms with Crippen LogP contribution in [0.4, 0.5) is 11.4 Å². The molecule has 1 aromatic heterocycles. The van der Waals surface area contributed by atoms with Gasteiger partial charge in [-0.15, -0.1) is 0 Å². The van der Waals surface area contributed by atoms with Crippen molar-refractivity contribution in [1.29, 1.82) is 0 Å². The number of carbonyl (C=O) groups excluding carboxylic acids is 1. The highest BCUT2D eigenvalue weighted by molar-refractivity contribution is 6.07. The summed E-state index contributed by atoms with van der Waals surface area (Å²) in [6.07, 6.45) is 0. The first-order valence-electron chi connectivity index (χ1n) is 11.4. The predicted molar refractivity (Wildman–Crippen MR) is 129 cm³/mol. The molecule has 8 nitrogen and oxygen atoms in total. The third kappa shape index (κ3) is 3.03. The van der Waals surface area contributed by atoms with Crippen LogP contribution in [0.15, 0.2) is 89.5 Å². The van der Waals surface area contributed by atoms with Crippen LogP contribution in [0.5, 0.6) is 0 Å². The number of benzene rings is 3. The summed E-state index contributed by atoms with van der Waals surface area (Å²) in [6, 6.07) is 26.7. The molecule has 3 heterocycles. The Kier molecular flexibility index (Phi) is 4.79. The highest BCUT2D eigenvalue weighted by atomic mass is 16.6. The molecule has 4 atom stereocenters. The second kappa shape index (κ2) is 7.89. The maximum atomic E-state index is 13.9. The number of aromatic nitrogens is 1. The SMILES string of the molecule is Cc1noc([C@@H]2[C@@H](c3ccccc3)[C@H](c3ccccc3)N[C@@]23C(=O)Nc2ccccc23)c1[N+](=O)[O-]. The van der Waals surface area contributed by atoms with Gasteiger partial charge in [-0.25, -0.2) is 0 Å². The summed E-state index contributed by atoms with van der Waals surface area (Å²) in [5.41, 5.74) is 2.02. The molecule has 35 heavy (non-hydrogen) atoms. The highest BCUT2D eigenvalue weighted by Crippen LogP contribution is 2.61. The molecule has 0 saturated carbocycles. The Bertz CT molecular complexity index is 1440. The molecule has 0 bridgehead atoms. The minimum atomic E-state index is -1.30. The standard InChI is InChI=1S/C27H22N4O4/c1-16-24(31(33)34)25(35-30-16)22-21(17-10-4-2-5-11-17)23(18-12-6-3-7-13-18)29-27(22)19-14-8-9-15-20(19)28-26(27)32/h2-15,21-23,29H,1H3,(H,28,32)/t21-,22+,23+,27-/m1/s1. The van der Waals surface area contributed by atoms with E-state index < -0.39 is 16.4 Å². The number of hydrogen-bond acceptors (Lipinski definition) is 6. The molecule has 1 saturated heterocycles. The van der Waals surface area contributed by atoms with Crippen molar-refractivity contribution in [3.05, 3.63) is 123 Å². The summed E-state index contributed by atoms with van der Waals surface area (Å²) < 4.78 is 5.72. The van der Waals surface area contributed by atoms with Crippen LogP contribution in [0.1, 0.15) is 46.0 Å². The molecule has 2 aliphatic heterocycles. The molecule has 174 valence electrons. The summed E-state index contributed by atoms with van der Waals surface area (Å²) in [6.45, 7) is 1.55. The Morgan fingerprint density at radius 1 is 0.943 bits per heavy atom. The lowest BCUT2D eigenvalue weighted by atomic mass is 9.70. The first kappa shape index (κ1) is 21.2. The molecule has 6 rings (SSSR count). The van der Waals surface area contributed by atoms with E-state index in [-0.39, 0.29) is 35.0 Å². The van der Waals surface area contributed by atoms with E-state index in [0.29, 0.717) is 5.69 Å². The van der Waals surface area contributed by atoms with Crippen LogP contribution >= 0.6 is 0 Å². The van der Waals surface area contributed by atoms with Crippen LogP contribution in [-0.4, -0.2) is 16.0 Å². The molecular weight excluding hydrogens is 444 g/mol. The van der Waals surface area contributed by atoms with E-state index in [9.17, 15) is 14.9 Å². The lowest BCUT2D eigenvalue weighted by Gasteiger charge is -2.29. The number of nitro groups is 1. The van der Waals surface area contributed by atoms with Crippen molar-refractivity contribution in [2.24, 2.45) is 0 Å². The Balaban J connectivity index is 1.68. The van der Waals surface area contributed by atoms with Crippen molar-refractivity contribution >= 4 is 17.3 Å². The number of carbonyl (C=O) groups is 1. The predicted octanol–water partition coefficient (Wildman–Crippen LogP) is 4.95. The number of rotatable bonds is 4. The number of fused-ring (bicyclic) bond motifs is 2. The van der Waals surface area contributed by atoms with Crippen molar-refractivity contribution < 1.29 is 14.2 Å². The smallest absolute Gasteiger partial charge is 0.334 e. The van der Waals surface area contributed by atoms with Crippen molar-refractivity contribution in [2.75, 3.05) is 5.32 Å². The van der Waals surface area contributed by atoms with Gasteiger partial charge in [0.25, 0.3) is 0 Å². The molecule has 1 fully saturated rings. The van der Waals surface area contributed by atoms with Crippen molar-refractivity contribution in [1.82, 2.24) is 10.5 Å². The van der Waals surface area contributed by atoms with Gasteiger partial charge >= 0.3 is 5.69 Å². The van der Waals surface area contributed by atoms with E-state index in [4.69, 9.17) is 4.52 Å². The van der Waals surface area contributed by atoms with E-state index in [1.165, 1.54) is 0 Å². The summed E-state index contributed by atoms with van der Waals surface area (Å²) >= 11 is 0. The van der Waals surface area contributed by atoms with Gasteiger partial charge in [-0.2, -0.15) is 0 Å². The number of anilines is 1. The first-order valence-corrected chi connectivity index (χ1v) is 11.4. The number of nitrogens with one attached hydrogen (secondary N) is 2. The molecule has 0 radical (unpaired) electrons. The van der Waals surface area contributed by atoms with E-state index in [1.807, 2.05) is 84.9 Å². The quantitative estimate of drug-likeness (QED) is 0.325. The topological polar surface area (TPSA) is 110 Å². The summed E-state index contributed by atoms with van der Waals surface area (Å²) in [7, 11) is 0. The van der Waals surface area contributed by atoms with Crippen LogP contribution in [0.3, 0.4) is 0 Å². The maximum absolute atomic E-state index is 13.9. The van der Waals surface area contributed by atoms with Crippen LogP contribution in [-0.2, 0) is 10.3 Å². The van der Waals surface area contributed by atoms with Crippen molar-refractivity contribution in [3.63, 3.8) is 0 Å². The molecule has 2 N–H and O–H groups in total. The van der Waals surface area contributed by atoms with Crippen LogP contribution in [0, 0.1) is 17.0 Å². The molecule has 0 aliphatic carbocycles. The molecule has 1 amide bonds. The van der Waals surface area contributed by atoms with E-state index >= 15 is 0 Å². The molecule has 2 aliphatic rings. The lowest BCUT2D eigenvalue weighted by molar-refractivity contribution is -0.386. The normalized spacial score (nSPS) is 24.9. The third-order valence-corrected chi connectivity index (χ3v) is 7.19. The van der Waals surface area contributed by atoms with Gasteiger partial charge in [0, 0.05) is 23.2 Å². The zero-order valence-electron chi connectivity index (χ0n) is 18.8. The van der Waals surface area contributed by atoms with Gasteiger partial charge in [0.05, 0.1) is 10.8 Å². The van der Waals surface area contributed by atoms with E-state index in [2.05, 4.69) is 15.8 Å². The van der Waals surface area contributed by atoms with Gasteiger partial charge in [-0.05, 0) is 24.1 Å². The second-order valence-corrected chi connectivity index (χ2v) is 8.99. The van der Waals surface area contributed by atoms with Gasteiger partial charge in [0.1, 0.15) is 5.54 Å². The monoisotopic (exact) mass is 466 g/mol. The number of aryl methyl sites for hydroxylation is 1. The molecule has 1 spiro atoms. The summed E-state index contributed by atoms with van der Waals surface area (Å²) in [5, 5.41) is 22.8. The van der Waals surface area contributed by atoms with Gasteiger partial charge < -0.3 is 9.84 Å². The van der Waals surface area contributed by atoms with E-state index in [0.717, 1.165) is 16.7 Å². The van der Waals surface area contributed by atoms with Gasteiger partial charge in [-0.1, -0.05) is 84.0 Å². The number of amides is 1. The van der Waals surface area contributed by atoms with Gasteiger partial charge in [0.15, 0.2) is 5.69 Å². The van der Waals surface area contributed by atoms with Crippen LogP contribution in [0.25, 0.3) is 0 Å². The summed E-state index contributed by atoms with van der Waals surface area (Å²) in [4.78, 5) is 25.6. The Morgan fingerprint density at radius 2 is 1.57 bits per heavy atom. The third-order valence-electron chi connectivity index (χ3n) is 7.19. The fraction of sp³-hybridized carbons (Fsp3) is 0.185. The fourth-order valence-corrected chi connectivity index (χ4v) is 5.80. The minimum Gasteiger partial charge on any atom is -0.353 e. The Hall–Kier alpha value is -4.30. The minimum absolute atomic E-state index is 0.0964. The van der Waals surface area contributed by atoms with Crippen molar-refractivity contribution in [2.45, 2.75) is 30.3 Å². The molecule has 0 unspecified atom stereocenters. The molecular formula is C27H22N4O4. The maximum Gasteiger partial charge on any atom is 0.334 e.